The third kappa shape index (κ3) is 2.90. The van der Waals surface area contributed by atoms with Crippen LogP contribution in [-0.4, -0.2) is 41.8 Å². The molecule has 0 unspecified atom stereocenters. The molecule has 2 N–H and O–H groups in total. The van der Waals surface area contributed by atoms with Crippen LogP contribution in [0.4, 0.5) is 4.39 Å². The van der Waals surface area contributed by atoms with Gasteiger partial charge in [0.2, 0.25) is 11.8 Å². The molecule has 2 rings (SSSR count). The number of carbonyl (C=O) groups is 2. The van der Waals surface area contributed by atoms with E-state index < -0.39 is 5.82 Å². The van der Waals surface area contributed by atoms with Gasteiger partial charge in [-0.15, -0.1) is 0 Å². The molecule has 5 nitrogen and oxygen atoms in total. The number of amides is 2. The van der Waals surface area contributed by atoms with E-state index in [1.807, 2.05) is 0 Å². The summed E-state index contributed by atoms with van der Waals surface area (Å²) >= 11 is 0. The molecule has 2 amide bonds. The molecule has 1 aliphatic heterocycles. The van der Waals surface area contributed by atoms with Gasteiger partial charge in [0.05, 0.1) is 6.54 Å². The lowest BCUT2D eigenvalue weighted by Gasteiger charge is -2.31. The zero-order valence-corrected chi connectivity index (χ0v) is 10.7. The normalized spacial score (nSPS) is 16.2. The topological polar surface area (TPSA) is 66.6 Å². The first-order chi connectivity index (χ1) is 9.01. The molecule has 1 heterocycles. The van der Waals surface area contributed by atoms with Gasteiger partial charge in [0, 0.05) is 25.7 Å². The van der Waals surface area contributed by atoms with Gasteiger partial charge in [0.25, 0.3) is 0 Å². The summed E-state index contributed by atoms with van der Waals surface area (Å²) < 4.78 is 13.8. The molecule has 0 atom stereocenters. The van der Waals surface area contributed by atoms with Crippen LogP contribution in [0, 0.1) is 5.82 Å². The minimum Gasteiger partial charge on any atom is -0.335 e. The summed E-state index contributed by atoms with van der Waals surface area (Å²) in [5.41, 5.74) is 6.52. The summed E-state index contributed by atoms with van der Waals surface area (Å²) in [7, 11) is 1.58. The second kappa shape index (κ2) is 5.36. The van der Waals surface area contributed by atoms with Crippen molar-refractivity contribution in [1.82, 2.24) is 9.80 Å². The molecular formula is C13H16FN3O2. The van der Waals surface area contributed by atoms with E-state index >= 15 is 0 Å². The number of halogens is 1. The van der Waals surface area contributed by atoms with Gasteiger partial charge >= 0.3 is 0 Å². The fraction of sp³-hybridized carbons (Fsp3) is 0.385. The van der Waals surface area contributed by atoms with Crippen LogP contribution in [0.15, 0.2) is 18.2 Å². The molecule has 0 saturated carbocycles. The minimum atomic E-state index is -0.401. The second-order valence-electron chi connectivity index (χ2n) is 4.63. The Morgan fingerprint density at radius 2 is 2.00 bits per heavy atom. The summed E-state index contributed by atoms with van der Waals surface area (Å²) in [4.78, 5) is 26.1. The first kappa shape index (κ1) is 13.5. The Kier molecular flexibility index (Phi) is 3.80. The summed E-state index contributed by atoms with van der Waals surface area (Å²) in [6, 6.07) is 4.69. The van der Waals surface area contributed by atoms with E-state index in [4.69, 9.17) is 5.73 Å². The van der Waals surface area contributed by atoms with Crippen LogP contribution in [-0.2, 0) is 22.7 Å². The Labute approximate surface area is 110 Å². The minimum absolute atomic E-state index is 0.00653. The van der Waals surface area contributed by atoms with E-state index in [-0.39, 0.29) is 38.0 Å². The first-order valence-corrected chi connectivity index (χ1v) is 6.00. The number of benzene rings is 1. The first-order valence-electron chi connectivity index (χ1n) is 6.00. The van der Waals surface area contributed by atoms with Crippen molar-refractivity contribution in [1.29, 1.82) is 0 Å². The molecule has 0 spiro atoms. The predicted molar refractivity (Wildman–Crippen MR) is 67.3 cm³/mol. The number of hydrogen-bond acceptors (Lipinski definition) is 3. The van der Waals surface area contributed by atoms with Crippen molar-refractivity contribution >= 4 is 11.8 Å². The van der Waals surface area contributed by atoms with Gasteiger partial charge in [0.1, 0.15) is 12.4 Å². The largest absolute Gasteiger partial charge is 0.335 e. The van der Waals surface area contributed by atoms with Crippen molar-refractivity contribution in [2.24, 2.45) is 5.73 Å². The third-order valence-corrected chi connectivity index (χ3v) is 3.19. The number of nitrogens with zero attached hydrogens (tertiary/aromatic N) is 2. The van der Waals surface area contributed by atoms with Crippen LogP contribution in [0.1, 0.15) is 11.1 Å². The zero-order valence-electron chi connectivity index (χ0n) is 10.7. The lowest BCUT2D eigenvalue weighted by atomic mass is 10.1. The zero-order chi connectivity index (χ0) is 14.0. The highest BCUT2D eigenvalue weighted by atomic mass is 19.1. The maximum Gasteiger partial charge on any atom is 0.242 e. The lowest BCUT2D eigenvalue weighted by molar-refractivity contribution is -0.149. The van der Waals surface area contributed by atoms with Crippen LogP contribution in [0.3, 0.4) is 0 Å². The Hall–Kier alpha value is -1.95. The van der Waals surface area contributed by atoms with Crippen LogP contribution >= 0.6 is 0 Å². The van der Waals surface area contributed by atoms with Crippen molar-refractivity contribution < 1.29 is 14.0 Å². The molecule has 0 aliphatic carbocycles. The van der Waals surface area contributed by atoms with E-state index in [1.54, 1.807) is 19.2 Å². The quantitative estimate of drug-likeness (QED) is 0.842. The Morgan fingerprint density at radius 1 is 1.26 bits per heavy atom. The molecular weight excluding hydrogens is 249 g/mol. The predicted octanol–water partition coefficient (Wildman–Crippen LogP) is 0.0850. The molecule has 19 heavy (non-hydrogen) atoms. The van der Waals surface area contributed by atoms with Crippen molar-refractivity contribution in [3.63, 3.8) is 0 Å². The van der Waals surface area contributed by atoms with Gasteiger partial charge in [-0.05, 0) is 11.6 Å². The number of carbonyl (C=O) groups excluding carboxylic acids is 2. The number of piperazine rings is 1. The molecule has 0 radical (unpaired) electrons. The van der Waals surface area contributed by atoms with Crippen LogP contribution in [0.2, 0.25) is 0 Å². The fourth-order valence-electron chi connectivity index (χ4n) is 1.96. The number of nitrogens with two attached hydrogens (primary N) is 1. The highest BCUT2D eigenvalue weighted by Crippen LogP contribution is 2.14. The van der Waals surface area contributed by atoms with Crippen LogP contribution < -0.4 is 5.73 Å². The maximum atomic E-state index is 13.8. The number of hydrogen-bond donors (Lipinski definition) is 1. The summed E-state index contributed by atoms with van der Waals surface area (Å²) in [6.07, 6.45) is 0. The van der Waals surface area contributed by atoms with E-state index in [1.165, 1.54) is 15.9 Å². The highest BCUT2D eigenvalue weighted by Gasteiger charge is 2.27. The molecule has 1 saturated heterocycles. The van der Waals surface area contributed by atoms with Gasteiger partial charge in [-0.1, -0.05) is 12.1 Å². The van der Waals surface area contributed by atoms with E-state index in [0.29, 0.717) is 11.1 Å². The molecule has 1 aromatic rings. The van der Waals surface area contributed by atoms with E-state index in [0.717, 1.165) is 0 Å². The summed E-state index contributed by atoms with van der Waals surface area (Å²) in [5, 5.41) is 0. The molecule has 1 aromatic carbocycles. The smallest absolute Gasteiger partial charge is 0.242 e. The standard InChI is InChI=1S/C13H16FN3O2/c1-16-7-13(19)17(8-12(16)18)6-10-3-2-9(5-15)4-11(10)14/h2-4H,5-8,15H2,1H3. The van der Waals surface area contributed by atoms with Crippen LogP contribution in [0.5, 0.6) is 0 Å². The number of likely N-dealkylation sites (N-methyl/N-ethyl adjacent to an activating group) is 1. The lowest BCUT2D eigenvalue weighted by Crippen LogP contribution is -2.51. The number of rotatable bonds is 3. The Bertz CT molecular complexity index is 519. The highest BCUT2D eigenvalue weighted by molar-refractivity contribution is 5.92. The fourth-order valence-corrected chi connectivity index (χ4v) is 1.96. The molecule has 0 bridgehead atoms. The SMILES string of the molecule is CN1CC(=O)N(Cc2ccc(CN)cc2F)CC1=O. The average Bonchev–Trinajstić information content (AvgIpc) is 2.38. The summed E-state index contributed by atoms with van der Waals surface area (Å²) in [5.74, 6) is -0.717. The summed E-state index contributed by atoms with van der Waals surface area (Å²) in [6.45, 7) is 0.410. The molecule has 102 valence electrons. The third-order valence-electron chi connectivity index (χ3n) is 3.19. The van der Waals surface area contributed by atoms with Gasteiger partial charge in [-0.3, -0.25) is 9.59 Å². The van der Waals surface area contributed by atoms with E-state index in [9.17, 15) is 14.0 Å². The molecule has 0 aromatic heterocycles. The van der Waals surface area contributed by atoms with Gasteiger partial charge in [-0.25, -0.2) is 4.39 Å². The maximum absolute atomic E-state index is 13.8. The molecule has 1 aliphatic rings. The monoisotopic (exact) mass is 265 g/mol. The van der Waals surface area contributed by atoms with E-state index in [2.05, 4.69) is 0 Å². The van der Waals surface area contributed by atoms with Crippen molar-refractivity contribution in [3.8, 4) is 0 Å². The van der Waals surface area contributed by atoms with Gasteiger partial charge in [0.15, 0.2) is 0 Å². The average molecular weight is 265 g/mol. The molecule has 1 fully saturated rings. The van der Waals surface area contributed by atoms with Crippen molar-refractivity contribution in [2.75, 3.05) is 20.1 Å². The van der Waals surface area contributed by atoms with Crippen molar-refractivity contribution in [2.45, 2.75) is 13.1 Å². The second-order valence-corrected chi connectivity index (χ2v) is 4.63. The van der Waals surface area contributed by atoms with Crippen LogP contribution in [0.25, 0.3) is 0 Å². The van der Waals surface area contributed by atoms with Gasteiger partial charge in [-0.2, -0.15) is 0 Å². The van der Waals surface area contributed by atoms with Gasteiger partial charge < -0.3 is 15.5 Å². The Morgan fingerprint density at radius 3 is 2.63 bits per heavy atom. The van der Waals surface area contributed by atoms with Crippen molar-refractivity contribution in [3.05, 3.63) is 35.1 Å². The Balaban J connectivity index is 2.12. The molecule has 6 heteroatoms.